The van der Waals surface area contributed by atoms with Gasteiger partial charge in [0.05, 0.1) is 0 Å². The molecule has 0 saturated carbocycles. The quantitative estimate of drug-likeness (QED) is 0.833. The minimum Gasteiger partial charge on any atom is -0.357 e. The van der Waals surface area contributed by atoms with E-state index >= 15 is 0 Å². The van der Waals surface area contributed by atoms with Crippen LogP contribution in [-0.2, 0) is 6.54 Å². The van der Waals surface area contributed by atoms with Crippen LogP contribution in [-0.4, -0.2) is 24.6 Å². The molecule has 1 fully saturated rings. The Hall–Kier alpha value is -1.09. The first-order valence-corrected chi connectivity index (χ1v) is 7.94. The van der Waals surface area contributed by atoms with Crippen molar-refractivity contribution in [2.45, 2.75) is 53.5 Å². The Balaban J connectivity index is 1.98. The number of pyridine rings is 1. The number of aryl methyl sites for hydroxylation is 1. The lowest BCUT2D eigenvalue weighted by Gasteiger charge is -2.37. The highest BCUT2D eigenvalue weighted by Crippen LogP contribution is 2.31. The Morgan fingerprint density at radius 2 is 1.95 bits per heavy atom. The van der Waals surface area contributed by atoms with E-state index in [1.165, 1.54) is 24.8 Å². The van der Waals surface area contributed by atoms with Crippen LogP contribution in [0, 0.1) is 12.3 Å². The van der Waals surface area contributed by atoms with E-state index in [0.717, 1.165) is 37.7 Å². The van der Waals surface area contributed by atoms with Crippen LogP contribution >= 0.6 is 0 Å². The van der Waals surface area contributed by atoms with E-state index in [1.54, 1.807) is 0 Å². The van der Waals surface area contributed by atoms with Gasteiger partial charge in [-0.3, -0.25) is 0 Å². The summed E-state index contributed by atoms with van der Waals surface area (Å²) in [7, 11) is 0. The molecule has 0 spiro atoms. The van der Waals surface area contributed by atoms with Crippen molar-refractivity contribution < 1.29 is 0 Å². The average molecular weight is 275 g/mol. The van der Waals surface area contributed by atoms with Gasteiger partial charge in [0.15, 0.2) is 0 Å². The molecule has 0 amide bonds. The van der Waals surface area contributed by atoms with Gasteiger partial charge in [-0.2, -0.15) is 0 Å². The van der Waals surface area contributed by atoms with Crippen LogP contribution in [0.15, 0.2) is 12.1 Å². The van der Waals surface area contributed by atoms with Crippen molar-refractivity contribution in [1.29, 1.82) is 0 Å². The lowest BCUT2D eigenvalue weighted by atomic mass is 9.83. The van der Waals surface area contributed by atoms with Gasteiger partial charge in [0.2, 0.25) is 0 Å². The molecule has 0 aliphatic carbocycles. The fraction of sp³-hybridized carbons (Fsp3) is 0.706. The minimum atomic E-state index is 0.496. The number of nitrogens with one attached hydrogen (secondary N) is 1. The van der Waals surface area contributed by atoms with Gasteiger partial charge < -0.3 is 10.2 Å². The Bertz CT molecular complexity index is 430. The lowest BCUT2D eigenvalue weighted by molar-refractivity contribution is 0.279. The zero-order valence-corrected chi connectivity index (χ0v) is 13.5. The first-order valence-electron chi connectivity index (χ1n) is 7.94. The first kappa shape index (κ1) is 15.3. The minimum absolute atomic E-state index is 0.496. The number of nitrogens with zero attached hydrogens (tertiary/aromatic N) is 2. The first-order chi connectivity index (χ1) is 9.52. The highest BCUT2D eigenvalue weighted by atomic mass is 15.2. The highest BCUT2D eigenvalue weighted by molar-refractivity contribution is 5.42. The van der Waals surface area contributed by atoms with E-state index in [4.69, 9.17) is 4.98 Å². The topological polar surface area (TPSA) is 28.2 Å². The Kier molecular flexibility index (Phi) is 5.03. The van der Waals surface area contributed by atoms with E-state index in [9.17, 15) is 0 Å². The zero-order chi connectivity index (χ0) is 14.6. The number of hydrogen-bond donors (Lipinski definition) is 1. The molecule has 3 heteroatoms. The van der Waals surface area contributed by atoms with E-state index in [2.05, 4.69) is 50.0 Å². The molecule has 1 N–H and O–H groups in total. The van der Waals surface area contributed by atoms with E-state index in [0.29, 0.717) is 5.41 Å². The van der Waals surface area contributed by atoms with Gasteiger partial charge in [-0.15, -0.1) is 0 Å². The van der Waals surface area contributed by atoms with Crippen LogP contribution in [0.3, 0.4) is 0 Å². The summed E-state index contributed by atoms with van der Waals surface area (Å²) in [5.41, 5.74) is 2.98. The summed E-state index contributed by atoms with van der Waals surface area (Å²) in [5.74, 6) is 1.15. The second-order valence-electron chi connectivity index (χ2n) is 6.74. The number of anilines is 1. The second kappa shape index (κ2) is 6.57. The molecular weight excluding hydrogens is 246 g/mol. The van der Waals surface area contributed by atoms with Gasteiger partial charge in [-0.25, -0.2) is 4.98 Å². The summed E-state index contributed by atoms with van der Waals surface area (Å²) >= 11 is 0. The third-order valence-corrected chi connectivity index (χ3v) is 4.36. The summed E-state index contributed by atoms with van der Waals surface area (Å²) in [6, 6.07) is 4.42. The molecule has 2 rings (SSSR count). The monoisotopic (exact) mass is 275 g/mol. The van der Waals surface area contributed by atoms with Crippen molar-refractivity contribution in [2.24, 2.45) is 5.41 Å². The molecule has 0 atom stereocenters. The smallest absolute Gasteiger partial charge is 0.128 e. The normalized spacial score (nSPS) is 18.3. The maximum atomic E-state index is 4.81. The fourth-order valence-electron chi connectivity index (χ4n) is 2.68. The van der Waals surface area contributed by atoms with Crippen LogP contribution in [0.1, 0.15) is 51.3 Å². The Morgan fingerprint density at radius 3 is 2.55 bits per heavy atom. The van der Waals surface area contributed by atoms with Crippen LogP contribution in [0.4, 0.5) is 5.82 Å². The lowest BCUT2D eigenvalue weighted by Crippen LogP contribution is -2.37. The molecule has 1 aliphatic heterocycles. The number of rotatable bonds is 5. The summed E-state index contributed by atoms with van der Waals surface area (Å²) in [6.45, 7) is 13.3. The molecule has 0 bridgehead atoms. The zero-order valence-electron chi connectivity index (χ0n) is 13.5. The summed E-state index contributed by atoms with van der Waals surface area (Å²) < 4.78 is 0. The maximum absolute atomic E-state index is 4.81. The van der Waals surface area contributed by atoms with Crippen LogP contribution < -0.4 is 10.2 Å². The molecule has 112 valence electrons. The second-order valence-corrected chi connectivity index (χ2v) is 6.74. The van der Waals surface area contributed by atoms with Crippen molar-refractivity contribution in [3.05, 3.63) is 23.4 Å². The van der Waals surface area contributed by atoms with Crippen LogP contribution in [0.2, 0.25) is 0 Å². The molecule has 1 aromatic rings. The van der Waals surface area contributed by atoms with Gasteiger partial charge >= 0.3 is 0 Å². The third kappa shape index (κ3) is 3.95. The van der Waals surface area contributed by atoms with Gasteiger partial charge in [-0.05, 0) is 49.8 Å². The third-order valence-electron chi connectivity index (χ3n) is 4.36. The Morgan fingerprint density at radius 1 is 1.25 bits per heavy atom. The highest BCUT2D eigenvalue weighted by Gasteiger charge is 2.25. The van der Waals surface area contributed by atoms with E-state index < -0.39 is 0 Å². The fourth-order valence-corrected chi connectivity index (χ4v) is 2.68. The maximum Gasteiger partial charge on any atom is 0.128 e. The summed E-state index contributed by atoms with van der Waals surface area (Å²) in [4.78, 5) is 7.24. The van der Waals surface area contributed by atoms with Gasteiger partial charge in [0.1, 0.15) is 5.82 Å². The molecule has 1 aromatic heterocycles. The number of hydrogen-bond acceptors (Lipinski definition) is 3. The van der Waals surface area contributed by atoms with Crippen molar-refractivity contribution in [3.63, 3.8) is 0 Å². The molecule has 0 unspecified atom stereocenters. The SMILES string of the molecule is CCCNCc1ccc(N2CCC(C)(C)CC2)nc1C. The summed E-state index contributed by atoms with van der Waals surface area (Å²) in [5, 5.41) is 3.45. The molecule has 3 nitrogen and oxygen atoms in total. The van der Waals surface area contributed by atoms with Gasteiger partial charge in [0, 0.05) is 25.3 Å². The summed E-state index contributed by atoms with van der Waals surface area (Å²) in [6.07, 6.45) is 3.69. The standard InChI is InChI=1S/C17H29N3/c1-5-10-18-13-15-6-7-16(19-14(15)2)20-11-8-17(3,4)9-12-20/h6-7,18H,5,8-13H2,1-4H3. The van der Waals surface area contributed by atoms with Gasteiger partial charge in [0.25, 0.3) is 0 Å². The largest absolute Gasteiger partial charge is 0.357 e. The molecule has 20 heavy (non-hydrogen) atoms. The molecular formula is C17H29N3. The predicted molar refractivity (Wildman–Crippen MR) is 86.2 cm³/mol. The molecule has 1 saturated heterocycles. The number of piperidine rings is 1. The van der Waals surface area contributed by atoms with E-state index in [-0.39, 0.29) is 0 Å². The van der Waals surface area contributed by atoms with Crippen LogP contribution in [0.25, 0.3) is 0 Å². The van der Waals surface area contributed by atoms with E-state index in [1.807, 2.05) is 0 Å². The molecule has 0 aromatic carbocycles. The van der Waals surface area contributed by atoms with Crippen molar-refractivity contribution >= 4 is 5.82 Å². The Labute approximate surface area is 123 Å². The van der Waals surface area contributed by atoms with Crippen LogP contribution in [0.5, 0.6) is 0 Å². The number of aromatic nitrogens is 1. The van der Waals surface area contributed by atoms with Gasteiger partial charge in [-0.1, -0.05) is 26.8 Å². The predicted octanol–water partition coefficient (Wildman–Crippen LogP) is 3.52. The van der Waals surface area contributed by atoms with Crippen molar-refractivity contribution in [3.8, 4) is 0 Å². The molecule has 0 radical (unpaired) electrons. The van der Waals surface area contributed by atoms with Crippen molar-refractivity contribution in [2.75, 3.05) is 24.5 Å². The van der Waals surface area contributed by atoms with Crippen molar-refractivity contribution in [1.82, 2.24) is 10.3 Å². The average Bonchev–Trinajstić information content (AvgIpc) is 2.41. The molecule has 2 heterocycles. The molecule has 1 aliphatic rings.